The van der Waals surface area contributed by atoms with Crippen molar-refractivity contribution < 1.29 is 18.0 Å². The molecule has 1 heterocycles. The molecule has 0 bridgehead atoms. The lowest BCUT2D eigenvalue weighted by Gasteiger charge is -2.10. The Labute approximate surface area is 123 Å². The van der Waals surface area contributed by atoms with E-state index < -0.39 is 17.6 Å². The molecule has 2 rings (SSSR count). The monoisotopic (exact) mass is 366 g/mol. The average Bonchev–Trinajstić information content (AvgIpc) is 2.73. The van der Waals surface area contributed by atoms with Gasteiger partial charge < -0.3 is 5.73 Å². The van der Waals surface area contributed by atoms with Crippen molar-refractivity contribution >= 4 is 43.4 Å². The van der Waals surface area contributed by atoms with Gasteiger partial charge in [-0.3, -0.25) is 10.1 Å². The van der Waals surface area contributed by atoms with E-state index in [0.29, 0.717) is 0 Å². The summed E-state index contributed by atoms with van der Waals surface area (Å²) in [5, 5.41) is 9.62. The minimum atomic E-state index is -4.52. The average molecular weight is 367 g/mol. The van der Waals surface area contributed by atoms with Crippen LogP contribution >= 0.6 is 27.3 Å². The highest BCUT2D eigenvalue weighted by atomic mass is 79.9. The molecule has 0 radical (unpaired) electrons. The van der Waals surface area contributed by atoms with Crippen LogP contribution in [0.5, 0.6) is 0 Å². The van der Waals surface area contributed by atoms with Gasteiger partial charge in [-0.1, -0.05) is 11.3 Å². The molecule has 0 aliphatic carbocycles. The molecular weight excluding hydrogens is 361 g/mol. The summed E-state index contributed by atoms with van der Waals surface area (Å²) in [6, 6.07) is 2.79. The van der Waals surface area contributed by atoms with E-state index in [1.807, 2.05) is 0 Å². The molecule has 0 saturated carbocycles. The molecule has 0 atom stereocenters. The highest BCUT2D eigenvalue weighted by molar-refractivity contribution is 9.10. The number of carbonyl (C=O) groups excluding carboxylic acids is 1. The number of carbonyl (C=O) groups is 1. The van der Waals surface area contributed by atoms with Crippen molar-refractivity contribution in [3.63, 3.8) is 0 Å². The normalized spacial score (nSPS) is 11.4. The highest BCUT2D eigenvalue weighted by Gasteiger charge is 2.31. The van der Waals surface area contributed by atoms with Crippen LogP contribution in [0.4, 0.5) is 23.4 Å². The predicted octanol–water partition coefficient (Wildman–Crippen LogP) is 3.15. The Hall–Kier alpha value is -1.68. The third-order valence-electron chi connectivity index (χ3n) is 2.20. The van der Waals surface area contributed by atoms with Gasteiger partial charge in [0.05, 0.1) is 11.1 Å². The van der Waals surface area contributed by atoms with Crippen LogP contribution in [0.1, 0.15) is 15.9 Å². The summed E-state index contributed by atoms with van der Waals surface area (Å²) in [6.07, 6.45) is -4.52. The van der Waals surface area contributed by atoms with Gasteiger partial charge in [0.15, 0.2) is 0 Å². The lowest BCUT2D eigenvalue weighted by Crippen LogP contribution is -2.14. The minimum Gasteiger partial charge on any atom is -0.374 e. The van der Waals surface area contributed by atoms with Crippen LogP contribution in [0, 0.1) is 0 Å². The van der Waals surface area contributed by atoms with Crippen LogP contribution in [0.2, 0.25) is 0 Å². The summed E-state index contributed by atoms with van der Waals surface area (Å²) < 4.78 is 38.1. The van der Waals surface area contributed by atoms with Crippen LogP contribution in [-0.4, -0.2) is 16.1 Å². The van der Waals surface area contributed by atoms with Gasteiger partial charge in [-0.25, -0.2) is 0 Å². The van der Waals surface area contributed by atoms with Gasteiger partial charge in [0.25, 0.3) is 5.91 Å². The Morgan fingerprint density at radius 3 is 2.60 bits per heavy atom. The van der Waals surface area contributed by atoms with E-state index >= 15 is 0 Å². The number of aromatic nitrogens is 2. The van der Waals surface area contributed by atoms with Crippen LogP contribution < -0.4 is 11.1 Å². The third kappa shape index (κ3) is 3.25. The van der Waals surface area contributed by atoms with Crippen molar-refractivity contribution in [2.75, 3.05) is 11.1 Å². The fraction of sp³-hybridized carbons (Fsp3) is 0.100. The summed E-state index contributed by atoms with van der Waals surface area (Å²) in [5.41, 5.74) is 4.27. The van der Waals surface area contributed by atoms with Crippen molar-refractivity contribution in [1.82, 2.24) is 10.2 Å². The molecule has 0 aliphatic heterocycles. The second kappa shape index (κ2) is 5.37. The third-order valence-corrected chi connectivity index (χ3v) is 3.56. The molecular formula is C10H6BrF3N4OS. The summed E-state index contributed by atoms with van der Waals surface area (Å²) in [5.74, 6) is -0.737. The predicted molar refractivity (Wildman–Crippen MR) is 71.4 cm³/mol. The number of alkyl halides is 3. The van der Waals surface area contributed by atoms with Crippen LogP contribution in [0.15, 0.2) is 22.7 Å². The number of anilines is 2. The van der Waals surface area contributed by atoms with E-state index in [1.165, 1.54) is 0 Å². The quantitative estimate of drug-likeness (QED) is 0.855. The maximum atomic E-state index is 12.6. The van der Waals surface area contributed by atoms with Gasteiger partial charge in [0.2, 0.25) is 10.3 Å². The first-order chi connectivity index (χ1) is 9.27. The summed E-state index contributed by atoms with van der Waals surface area (Å²) in [6.45, 7) is 0. The van der Waals surface area contributed by atoms with E-state index in [0.717, 1.165) is 29.5 Å². The molecule has 5 nitrogen and oxygen atoms in total. The maximum absolute atomic E-state index is 12.6. The van der Waals surface area contributed by atoms with E-state index in [4.69, 9.17) is 5.73 Å². The van der Waals surface area contributed by atoms with E-state index in [2.05, 4.69) is 31.4 Å². The number of hydrogen-bond acceptors (Lipinski definition) is 5. The topological polar surface area (TPSA) is 80.9 Å². The van der Waals surface area contributed by atoms with Gasteiger partial charge in [-0.2, -0.15) is 13.2 Å². The zero-order chi connectivity index (χ0) is 14.9. The molecule has 0 unspecified atom stereocenters. The standard InChI is InChI=1S/C10H6BrF3N4OS/c11-6-2-1-4(10(12,13)14)3-5(6)7(19)16-9-18-17-8(15)20-9/h1-3H,(H2,15,17)(H,16,18,19). The molecule has 0 aliphatic rings. The highest BCUT2D eigenvalue weighted by Crippen LogP contribution is 2.32. The number of halogens is 4. The number of nitrogen functional groups attached to an aromatic ring is 1. The number of hydrogen-bond donors (Lipinski definition) is 2. The summed E-state index contributed by atoms with van der Waals surface area (Å²) >= 11 is 3.94. The molecule has 0 fully saturated rings. The van der Waals surface area contributed by atoms with Gasteiger partial charge >= 0.3 is 6.18 Å². The van der Waals surface area contributed by atoms with Gasteiger partial charge in [-0.05, 0) is 34.1 Å². The van der Waals surface area contributed by atoms with Gasteiger partial charge in [0.1, 0.15) is 0 Å². The first-order valence-corrected chi connectivity index (χ1v) is 6.65. The lowest BCUT2D eigenvalue weighted by molar-refractivity contribution is -0.137. The SMILES string of the molecule is Nc1nnc(NC(=O)c2cc(C(F)(F)F)ccc2Br)s1. The molecule has 3 N–H and O–H groups in total. The van der Waals surface area contributed by atoms with E-state index in [-0.39, 0.29) is 20.3 Å². The summed E-state index contributed by atoms with van der Waals surface area (Å²) in [4.78, 5) is 11.9. The second-order valence-electron chi connectivity index (χ2n) is 3.59. The van der Waals surface area contributed by atoms with Crippen molar-refractivity contribution in [3.8, 4) is 0 Å². The molecule has 0 saturated heterocycles. The first-order valence-electron chi connectivity index (χ1n) is 5.04. The van der Waals surface area contributed by atoms with Gasteiger partial charge in [-0.15, -0.1) is 10.2 Å². The molecule has 20 heavy (non-hydrogen) atoms. The molecule has 10 heteroatoms. The lowest BCUT2D eigenvalue weighted by atomic mass is 10.1. The number of nitrogens with zero attached hydrogens (tertiary/aromatic N) is 2. The fourth-order valence-electron chi connectivity index (χ4n) is 1.33. The fourth-order valence-corrected chi connectivity index (χ4v) is 2.26. The van der Waals surface area contributed by atoms with Crippen molar-refractivity contribution in [2.45, 2.75) is 6.18 Å². The molecule has 0 spiro atoms. The summed E-state index contributed by atoms with van der Waals surface area (Å²) in [7, 11) is 0. The largest absolute Gasteiger partial charge is 0.416 e. The minimum absolute atomic E-state index is 0.108. The van der Waals surface area contributed by atoms with Crippen LogP contribution in [0.3, 0.4) is 0 Å². The zero-order valence-corrected chi connectivity index (χ0v) is 11.9. The second-order valence-corrected chi connectivity index (χ2v) is 5.46. The molecule has 1 aromatic heterocycles. The van der Waals surface area contributed by atoms with Crippen LogP contribution in [-0.2, 0) is 6.18 Å². The maximum Gasteiger partial charge on any atom is 0.416 e. The van der Waals surface area contributed by atoms with E-state index in [1.54, 1.807) is 0 Å². The number of rotatable bonds is 2. The molecule has 2 aromatic rings. The smallest absolute Gasteiger partial charge is 0.374 e. The number of amides is 1. The first kappa shape index (κ1) is 14.7. The molecule has 106 valence electrons. The Morgan fingerprint density at radius 1 is 1.35 bits per heavy atom. The van der Waals surface area contributed by atoms with Crippen molar-refractivity contribution in [3.05, 3.63) is 33.8 Å². The van der Waals surface area contributed by atoms with Crippen molar-refractivity contribution in [2.24, 2.45) is 0 Å². The Bertz CT molecular complexity index is 658. The molecule has 1 aromatic carbocycles. The molecule has 1 amide bonds. The Morgan fingerprint density at radius 2 is 2.05 bits per heavy atom. The Balaban J connectivity index is 2.29. The van der Waals surface area contributed by atoms with Crippen LogP contribution in [0.25, 0.3) is 0 Å². The van der Waals surface area contributed by atoms with E-state index in [9.17, 15) is 18.0 Å². The zero-order valence-electron chi connectivity index (χ0n) is 9.53. The van der Waals surface area contributed by atoms with Crippen molar-refractivity contribution in [1.29, 1.82) is 0 Å². The number of nitrogens with one attached hydrogen (secondary N) is 1. The number of nitrogens with two attached hydrogens (primary N) is 1. The number of benzene rings is 1. The van der Waals surface area contributed by atoms with Gasteiger partial charge in [0, 0.05) is 4.47 Å². The Kier molecular flexibility index (Phi) is 3.95.